The Labute approximate surface area is 178 Å². The molecule has 0 aromatic heterocycles. The van der Waals surface area contributed by atoms with Crippen molar-refractivity contribution in [2.75, 3.05) is 50.6 Å². The number of nitrogens with one attached hydrogen (secondary N) is 2. The van der Waals surface area contributed by atoms with E-state index in [4.69, 9.17) is 9.47 Å². The lowest BCUT2D eigenvalue weighted by Gasteiger charge is -2.20. The van der Waals surface area contributed by atoms with Crippen LogP contribution in [0.1, 0.15) is 6.42 Å². The average molecular weight is 482 g/mol. The molecule has 2 N–H and O–H groups in total. The van der Waals surface area contributed by atoms with Crippen LogP contribution in [0.15, 0.2) is 53.5 Å². The first kappa shape index (κ1) is 21.1. The van der Waals surface area contributed by atoms with Gasteiger partial charge in [0.2, 0.25) is 0 Å². The number of ether oxygens (including phenoxy) is 2. The summed E-state index contributed by atoms with van der Waals surface area (Å²) < 4.78 is 11.4. The Morgan fingerprint density at radius 2 is 1.81 bits per heavy atom. The number of para-hydroxylation sites is 1. The second kappa shape index (κ2) is 10.9. The molecule has 7 heteroatoms. The number of anilines is 2. The summed E-state index contributed by atoms with van der Waals surface area (Å²) in [5, 5.41) is 6.63. The summed E-state index contributed by atoms with van der Waals surface area (Å²) >= 11 is 0. The van der Waals surface area contributed by atoms with Crippen molar-refractivity contribution in [1.82, 2.24) is 5.32 Å². The minimum absolute atomic E-state index is 0. The molecule has 0 bridgehead atoms. The first-order chi connectivity index (χ1) is 12.8. The maximum absolute atomic E-state index is 5.73. The molecule has 0 saturated heterocycles. The van der Waals surface area contributed by atoms with E-state index in [1.807, 2.05) is 36.4 Å². The van der Waals surface area contributed by atoms with Crippen LogP contribution in [-0.4, -0.2) is 46.4 Å². The Bertz CT molecular complexity index is 740. The summed E-state index contributed by atoms with van der Waals surface area (Å²) in [6.07, 6.45) is 0.898. The lowest BCUT2D eigenvalue weighted by molar-refractivity contribution is 0.297. The molecule has 27 heavy (non-hydrogen) atoms. The van der Waals surface area contributed by atoms with E-state index >= 15 is 0 Å². The summed E-state index contributed by atoms with van der Waals surface area (Å²) in [6.45, 7) is 3.01. The molecule has 1 aliphatic rings. The van der Waals surface area contributed by atoms with E-state index < -0.39 is 0 Å². The number of halogens is 1. The largest absolute Gasteiger partial charge is 0.490 e. The number of aliphatic imine (C=N–C) groups is 1. The molecule has 0 fully saturated rings. The van der Waals surface area contributed by atoms with Gasteiger partial charge in [-0.1, -0.05) is 18.2 Å². The predicted octanol–water partition coefficient (Wildman–Crippen LogP) is 3.59. The van der Waals surface area contributed by atoms with Crippen LogP contribution in [0.5, 0.6) is 11.5 Å². The van der Waals surface area contributed by atoms with Crippen molar-refractivity contribution in [2.45, 2.75) is 6.42 Å². The van der Waals surface area contributed by atoms with Crippen molar-refractivity contribution in [2.24, 2.45) is 4.99 Å². The zero-order chi connectivity index (χ0) is 18.2. The summed E-state index contributed by atoms with van der Waals surface area (Å²) in [7, 11) is 3.84. The van der Waals surface area contributed by atoms with E-state index in [1.165, 1.54) is 5.69 Å². The third-order valence-electron chi connectivity index (χ3n) is 4.17. The summed E-state index contributed by atoms with van der Waals surface area (Å²) in [5.41, 5.74) is 2.11. The molecule has 146 valence electrons. The van der Waals surface area contributed by atoms with Crippen molar-refractivity contribution in [3.8, 4) is 11.5 Å². The van der Waals surface area contributed by atoms with Crippen LogP contribution < -0.4 is 25.0 Å². The Kier molecular flexibility index (Phi) is 8.50. The van der Waals surface area contributed by atoms with E-state index in [9.17, 15) is 0 Å². The van der Waals surface area contributed by atoms with Gasteiger partial charge in [0.05, 0.1) is 13.2 Å². The second-order valence-corrected chi connectivity index (χ2v) is 6.09. The van der Waals surface area contributed by atoms with Gasteiger partial charge in [-0.2, -0.15) is 0 Å². The molecule has 0 radical (unpaired) electrons. The van der Waals surface area contributed by atoms with Crippen molar-refractivity contribution >= 4 is 41.3 Å². The van der Waals surface area contributed by atoms with Crippen molar-refractivity contribution < 1.29 is 9.47 Å². The van der Waals surface area contributed by atoms with Crippen LogP contribution >= 0.6 is 24.0 Å². The molecule has 2 aromatic carbocycles. The first-order valence-electron chi connectivity index (χ1n) is 8.90. The fourth-order valence-corrected chi connectivity index (χ4v) is 2.71. The summed E-state index contributed by atoms with van der Waals surface area (Å²) in [6, 6.07) is 16.2. The number of fused-ring (bicyclic) bond motifs is 1. The lowest BCUT2D eigenvalue weighted by atomic mass is 10.2. The van der Waals surface area contributed by atoms with Gasteiger partial charge in [0.1, 0.15) is 0 Å². The monoisotopic (exact) mass is 482 g/mol. The second-order valence-electron chi connectivity index (χ2n) is 6.09. The van der Waals surface area contributed by atoms with Crippen LogP contribution in [0, 0.1) is 0 Å². The molecule has 0 unspecified atom stereocenters. The number of hydrogen-bond donors (Lipinski definition) is 2. The van der Waals surface area contributed by atoms with Gasteiger partial charge in [0.25, 0.3) is 0 Å². The Balaban J connectivity index is 0.00000261. The number of nitrogens with zero attached hydrogens (tertiary/aromatic N) is 2. The van der Waals surface area contributed by atoms with E-state index in [0.29, 0.717) is 13.2 Å². The third-order valence-corrected chi connectivity index (χ3v) is 4.17. The van der Waals surface area contributed by atoms with Crippen molar-refractivity contribution in [3.63, 3.8) is 0 Å². The molecule has 0 saturated carbocycles. The SMILES string of the molecule is CN=C(NCCN(C)c1ccccc1)Nc1ccc2c(c1)OCCCO2.I. The third kappa shape index (κ3) is 6.20. The van der Waals surface area contributed by atoms with Gasteiger partial charge < -0.3 is 25.0 Å². The summed E-state index contributed by atoms with van der Waals surface area (Å²) in [5.74, 6) is 2.29. The van der Waals surface area contributed by atoms with Crippen LogP contribution in [0.4, 0.5) is 11.4 Å². The highest BCUT2D eigenvalue weighted by atomic mass is 127. The zero-order valence-electron chi connectivity index (χ0n) is 15.8. The van der Waals surface area contributed by atoms with Gasteiger partial charge in [0.15, 0.2) is 17.5 Å². The van der Waals surface area contributed by atoms with Gasteiger partial charge >= 0.3 is 0 Å². The molecule has 2 aromatic rings. The van der Waals surface area contributed by atoms with Gasteiger partial charge in [0, 0.05) is 51.0 Å². The Morgan fingerprint density at radius 1 is 1.07 bits per heavy atom. The quantitative estimate of drug-likeness (QED) is 0.388. The highest BCUT2D eigenvalue weighted by Gasteiger charge is 2.11. The molecule has 6 nitrogen and oxygen atoms in total. The average Bonchev–Trinajstić information content (AvgIpc) is 2.92. The van der Waals surface area contributed by atoms with Gasteiger partial charge in [-0.05, 0) is 24.3 Å². The van der Waals surface area contributed by atoms with E-state index in [-0.39, 0.29) is 24.0 Å². The van der Waals surface area contributed by atoms with Gasteiger partial charge in [-0.25, -0.2) is 0 Å². The minimum atomic E-state index is 0. The molecule has 0 aliphatic carbocycles. The maximum atomic E-state index is 5.73. The lowest BCUT2D eigenvalue weighted by Crippen LogP contribution is -2.36. The molecule has 0 amide bonds. The fourth-order valence-electron chi connectivity index (χ4n) is 2.71. The highest BCUT2D eigenvalue weighted by molar-refractivity contribution is 14.0. The van der Waals surface area contributed by atoms with Crippen LogP contribution in [0.3, 0.4) is 0 Å². The maximum Gasteiger partial charge on any atom is 0.195 e. The molecular formula is C20H27IN4O2. The van der Waals surface area contributed by atoms with Crippen LogP contribution in [0.2, 0.25) is 0 Å². The van der Waals surface area contributed by atoms with Gasteiger partial charge in [-0.3, -0.25) is 4.99 Å². The number of benzene rings is 2. The van der Waals surface area contributed by atoms with E-state index in [1.54, 1.807) is 7.05 Å². The van der Waals surface area contributed by atoms with Crippen molar-refractivity contribution in [1.29, 1.82) is 0 Å². The highest BCUT2D eigenvalue weighted by Crippen LogP contribution is 2.32. The number of guanidine groups is 1. The molecule has 3 rings (SSSR count). The normalized spacial score (nSPS) is 13.2. The first-order valence-corrected chi connectivity index (χ1v) is 8.90. The summed E-state index contributed by atoms with van der Waals surface area (Å²) in [4.78, 5) is 6.49. The molecule has 1 aliphatic heterocycles. The van der Waals surface area contributed by atoms with Crippen LogP contribution in [0.25, 0.3) is 0 Å². The minimum Gasteiger partial charge on any atom is -0.490 e. The predicted molar refractivity (Wildman–Crippen MR) is 122 cm³/mol. The van der Waals surface area contributed by atoms with E-state index in [0.717, 1.165) is 42.7 Å². The van der Waals surface area contributed by atoms with E-state index in [2.05, 4.69) is 39.7 Å². The fraction of sp³-hybridized carbons (Fsp3) is 0.350. The number of likely N-dealkylation sites (N-methyl/N-ethyl adjacent to an activating group) is 1. The Hall–Kier alpha value is -2.16. The Morgan fingerprint density at radius 3 is 2.56 bits per heavy atom. The molecular weight excluding hydrogens is 455 g/mol. The smallest absolute Gasteiger partial charge is 0.195 e. The number of rotatable bonds is 5. The number of hydrogen-bond acceptors (Lipinski definition) is 4. The molecule has 0 atom stereocenters. The molecule has 0 spiro atoms. The van der Waals surface area contributed by atoms with Crippen LogP contribution in [-0.2, 0) is 0 Å². The topological polar surface area (TPSA) is 58.1 Å². The van der Waals surface area contributed by atoms with Gasteiger partial charge in [-0.15, -0.1) is 24.0 Å². The zero-order valence-corrected chi connectivity index (χ0v) is 18.1. The van der Waals surface area contributed by atoms with Crippen molar-refractivity contribution in [3.05, 3.63) is 48.5 Å². The molecule has 1 heterocycles. The standard InChI is InChI=1S/C20H26N4O2.HI/c1-21-20(22-11-12-24(2)17-7-4-3-5-8-17)23-16-9-10-18-19(15-16)26-14-6-13-25-18;/h3-5,7-10,15H,6,11-14H2,1-2H3,(H2,21,22,23);1H.